The molecule has 0 spiro atoms. The van der Waals surface area contributed by atoms with Crippen molar-refractivity contribution in [1.29, 1.82) is 0 Å². The number of rotatable bonds is 6. The monoisotopic (exact) mass is 327 g/mol. The first kappa shape index (κ1) is 16.6. The van der Waals surface area contributed by atoms with Gasteiger partial charge in [-0.25, -0.2) is 0 Å². The maximum Gasteiger partial charge on any atom is 0.271 e. The first-order valence-electron chi connectivity index (χ1n) is 8.63. The number of carbonyl (C=O) groups is 1. The fourth-order valence-corrected chi connectivity index (χ4v) is 3.56. The second-order valence-electron chi connectivity index (χ2n) is 6.46. The van der Waals surface area contributed by atoms with Crippen LogP contribution >= 0.6 is 0 Å². The standard InChI is InChI=1S/C19H25N3O2/c1-3-22-13-10-17(21-22)18(23)20-14-19(11-4-5-12-19)15-6-8-16(24-2)9-7-15/h6-10,13H,3-5,11-12,14H2,1-2H3,(H,20,23). The summed E-state index contributed by atoms with van der Waals surface area (Å²) in [5.74, 6) is 0.767. The SMILES string of the molecule is CCn1ccc(C(=O)NCC2(c3ccc(OC)cc3)CCCC2)n1. The number of ether oxygens (including phenoxy) is 1. The van der Waals surface area contributed by atoms with Gasteiger partial charge < -0.3 is 10.1 Å². The molecule has 1 amide bonds. The smallest absolute Gasteiger partial charge is 0.271 e. The van der Waals surface area contributed by atoms with Gasteiger partial charge in [-0.05, 0) is 43.5 Å². The lowest BCUT2D eigenvalue weighted by Gasteiger charge is -2.30. The van der Waals surface area contributed by atoms with Crippen molar-refractivity contribution < 1.29 is 9.53 Å². The van der Waals surface area contributed by atoms with Crippen LogP contribution in [0.25, 0.3) is 0 Å². The van der Waals surface area contributed by atoms with Crippen molar-refractivity contribution in [2.45, 2.75) is 44.6 Å². The van der Waals surface area contributed by atoms with Gasteiger partial charge in [0, 0.05) is 24.7 Å². The zero-order valence-electron chi connectivity index (χ0n) is 14.4. The number of nitrogens with one attached hydrogen (secondary N) is 1. The fraction of sp³-hybridized carbons (Fsp3) is 0.474. The Kier molecular flexibility index (Phi) is 4.88. The number of methoxy groups -OCH3 is 1. The Morgan fingerprint density at radius 1 is 1.25 bits per heavy atom. The van der Waals surface area contributed by atoms with Gasteiger partial charge in [0.05, 0.1) is 7.11 Å². The summed E-state index contributed by atoms with van der Waals surface area (Å²) in [6.45, 7) is 3.42. The molecule has 5 heteroatoms. The highest BCUT2D eigenvalue weighted by atomic mass is 16.5. The lowest BCUT2D eigenvalue weighted by Crippen LogP contribution is -2.39. The van der Waals surface area contributed by atoms with Crippen molar-refractivity contribution in [3.05, 3.63) is 47.8 Å². The molecule has 0 saturated heterocycles. The number of aryl methyl sites for hydroxylation is 1. The minimum atomic E-state index is -0.0954. The average molecular weight is 327 g/mol. The molecule has 0 unspecified atom stereocenters. The summed E-state index contributed by atoms with van der Waals surface area (Å²) >= 11 is 0. The minimum absolute atomic E-state index is 0.0231. The second-order valence-corrected chi connectivity index (χ2v) is 6.46. The van der Waals surface area contributed by atoms with Gasteiger partial charge in [0.15, 0.2) is 0 Å². The summed E-state index contributed by atoms with van der Waals surface area (Å²) in [5.41, 5.74) is 1.79. The Morgan fingerprint density at radius 3 is 2.54 bits per heavy atom. The average Bonchev–Trinajstić information content (AvgIpc) is 3.30. The largest absolute Gasteiger partial charge is 0.497 e. The van der Waals surface area contributed by atoms with Gasteiger partial charge in [-0.2, -0.15) is 5.10 Å². The molecule has 24 heavy (non-hydrogen) atoms. The third-order valence-electron chi connectivity index (χ3n) is 5.05. The number of hydrogen-bond donors (Lipinski definition) is 1. The summed E-state index contributed by atoms with van der Waals surface area (Å²) in [5, 5.41) is 7.38. The van der Waals surface area contributed by atoms with Crippen LogP contribution in [-0.2, 0) is 12.0 Å². The van der Waals surface area contributed by atoms with Crippen LogP contribution in [0.4, 0.5) is 0 Å². The lowest BCUT2D eigenvalue weighted by atomic mass is 9.78. The van der Waals surface area contributed by atoms with Crippen LogP contribution in [-0.4, -0.2) is 29.3 Å². The van der Waals surface area contributed by atoms with Crippen molar-refractivity contribution in [1.82, 2.24) is 15.1 Å². The fourth-order valence-electron chi connectivity index (χ4n) is 3.56. The molecule has 1 aromatic carbocycles. The molecule has 1 aliphatic rings. The Bertz CT molecular complexity index is 685. The highest BCUT2D eigenvalue weighted by Crippen LogP contribution is 2.41. The minimum Gasteiger partial charge on any atom is -0.497 e. The van der Waals surface area contributed by atoms with Crippen LogP contribution in [0.5, 0.6) is 5.75 Å². The summed E-state index contributed by atoms with van der Waals surface area (Å²) in [7, 11) is 1.68. The maximum absolute atomic E-state index is 12.4. The Labute approximate surface area is 143 Å². The molecule has 5 nitrogen and oxygen atoms in total. The zero-order valence-corrected chi connectivity index (χ0v) is 14.4. The van der Waals surface area contributed by atoms with E-state index in [1.54, 1.807) is 17.9 Å². The van der Waals surface area contributed by atoms with Gasteiger partial charge in [0.2, 0.25) is 0 Å². The molecule has 1 aliphatic carbocycles. The molecule has 1 heterocycles. The third-order valence-corrected chi connectivity index (χ3v) is 5.05. The Morgan fingerprint density at radius 2 is 1.96 bits per heavy atom. The third kappa shape index (κ3) is 3.30. The van der Waals surface area contributed by atoms with E-state index in [-0.39, 0.29) is 11.3 Å². The van der Waals surface area contributed by atoms with Gasteiger partial charge in [-0.3, -0.25) is 9.48 Å². The number of benzene rings is 1. The molecule has 3 rings (SSSR count). The van der Waals surface area contributed by atoms with Gasteiger partial charge in [-0.1, -0.05) is 25.0 Å². The Hall–Kier alpha value is -2.30. The van der Waals surface area contributed by atoms with Gasteiger partial charge in [0.25, 0.3) is 5.91 Å². The van der Waals surface area contributed by atoms with Crippen molar-refractivity contribution in [2.24, 2.45) is 0 Å². The van der Waals surface area contributed by atoms with E-state index >= 15 is 0 Å². The molecule has 2 aromatic rings. The summed E-state index contributed by atoms with van der Waals surface area (Å²) in [6, 6.07) is 10.0. The zero-order chi connectivity index (χ0) is 17.0. The summed E-state index contributed by atoms with van der Waals surface area (Å²) in [6.07, 6.45) is 6.44. The van der Waals surface area contributed by atoms with E-state index in [4.69, 9.17) is 4.74 Å². The highest BCUT2D eigenvalue weighted by Gasteiger charge is 2.36. The Balaban J connectivity index is 1.72. The van der Waals surface area contributed by atoms with Crippen LogP contribution in [0.1, 0.15) is 48.7 Å². The van der Waals surface area contributed by atoms with E-state index in [0.29, 0.717) is 12.2 Å². The molecule has 1 fully saturated rings. The number of hydrogen-bond acceptors (Lipinski definition) is 3. The molecule has 0 atom stereocenters. The van der Waals surface area contributed by atoms with Crippen molar-refractivity contribution in [2.75, 3.05) is 13.7 Å². The predicted molar refractivity (Wildman–Crippen MR) is 93.4 cm³/mol. The van der Waals surface area contributed by atoms with E-state index in [1.807, 2.05) is 25.3 Å². The molecule has 0 radical (unpaired) electrons. The van der Waals surface area contributed by atoms with Crippen molar-refractivity contribution in [3.8, 4) is 5.75 Å². The van der Waals surface area contributed by atoms with E-state index in [1.165, 1.54) is 18.4 Å². The molecular weight excluding hydrogens is 302 g/mol. The van der Waals surface area contributed by atoms with Gasteiger partial charge in [-0.15, -0.1) is 0 Å². The van der Waals surface area contributed by atoms with Crippen LogP contribution in [0.2, 0.25) is 0 Å². The molecule has 1 saturated carbocycles. The summed E-state index contributed by atoms with van der Waals surface area (Å²) < 4.78 is 7.02. The van der Waals surface area contributed by atoms with Gasteiger partial charge >= 0.3 is 0 Å². The maximum atomic E-state index is 12.4. The molecule has 1 N–H and O–H groups in total. The van der Waals surface area contributed by atoms with Crippen LogP contribution in [0, 0.1) is 0 Å². The van der Waals surface area contributed by atoms with Gasteiger partial charge in [0.1, 0.15) is 11.4 Å². The van der Waals surface area contributed by atoms with Crippen molar-refractivity contribution >= 4 is 5.91 Å². The molecule has 128 valence electrons. The van der Waals surface area contributed by atoms with E-state index in [9.17, 15) is 4.79 Å². The summed E-state index contributed by atoms with van der Waals surface area (Å²) in [4.78, 5) is 12.4. The molecule has 1 aromatic heterocycles. The highest BCUT2D eigenvalue weighted by molar-refractivity contribution is 5.92. The second kappa shape index (κ2) is 7.07. The topological polar surface area (TPSA) is 56.2 Å². The quantitative estimate of drug-likeness (QED) is 0.887. The number of amides is 1. The van der Waals surface area contributed by atoms with Crippen LogP contribution < -0.4 is 10.1 Å². The van der Waals surface area contributed by atoms with E-state index in [0.717, 1.165) is 25.1 Å². The molecule has 0 aliphatic heterocycles. The molecule has 0 bridgehead atoms. The first-order chi connectivity index (χ1) is 11.7. The number of carbonyl (C=O) groups excluding carboxylic acids is 1. The number of aromatic nitrogens is 2. The lowest BCUT2D eigenvalue weighted by molar-refractivity contribution is 0.0937. The number of nitrogens with zero attached hydrogens (tertiary/aromatic N) is 2. The molecular formula is C19H25N3O2. The van der Waals surface area contributed by atoms with E-state index < -0.39 is 0 Å². The van der Waals surface area contributed by atoms with E-state index in [2.05, 4.69) is 22.5 Å². The van der Waals surface area contributed by atoms with Crippen LogP contribution in [0.3, 0.4) is 0 Å². The predicted octanol–water partition coefficient (Wildman–Crippen LogP) is 3.15. The van der Waals surface area contributed by atoms with Crippen LogP contribution in [0.15, 0.2) is 36.5 Å². The first-order valence-corrected chi connectivity index (χ1v) is 8.63. The van der Waals surface area contributed by atoms with Crippen molar-refractivity contribution in [3.63, 3.8) is 0 Å². The normalized spacial score (nSPS) is 16.1.